The summed E-state index contributed by atoms with van der Waals surface area (Å²) in [6.07, 6.45) is 0. The van der Waals surface area contributed by atoms with Crippen molar-refractivity contribution in [1.82, 2.24) is 29.9 Å². The zero-order valence-corrected chi connectivity index (χ0v) is 52.8. The first-order valence-electron chi connectivity index (χ1n) is 32.8. The van der Waals surface area contributed by atoms with Gasteiger partial charge < -0.3 is 8.83 Å². The molecule has 18 rings (SSSR count). The fraction of sp³-hybridized carbons (Fsp3) is 0. The van der Waals surface area contributed by atoms with Crippen LogP contribution in [0.25, 0.3) is 190 Å². The number of hydrogen-bond acceptors (Lipinski definition) is 8. The highest BCUT2D eigenvalue weighted by Crippen LogP contribution is 2.43. The summed E-state index contributed by atoms with van der Waals surface area (Å²) in [7, 11) is 0. The Kier molecular flexibility index (Phi) is 14.4. The van der Waals surface area contributed by atoms with Gasteiger partial charge in [-0.25, -0.2) is 29.9 Å². The average Bonchev–Trinajstić information content (AvgIpc) is 1.56. The highest BCUT2D eigenvalue weighted by molar-refractivity contribution is 6.16. The monoisotopic (exact) mass is 1250 g/mol. The van der Waals surface area contributed by atoms with E-state index in [9.17, 15) is 0 Å². The van der Waals surface area contributed by atoms with Crippen molar-refractivity contribution in [2.75, 3.05) is 0 Å². The van der Waals surface area contributed by atoms with Gasteiger partial charge >= 0.3 is 0 Å². The van der Waals surface area contributed by atoms with Crippen LogP contribution < -0.4 is 0 Å². The first kappa shape index (κ1) is 57.4. The predicted molar refractivity (Wildman–Crippen MR) is 398 cm³/mol. The Hall–Kier alpha value is -13.3. The molecule has 0 aliphatic heterocycles. The molecule has 0 N–H and O–H groups in total. The van der Waals surface area contributed by atoms with Crippen LogP contribution in [0.1, 0.15) is 0 Å². The Labute approximate surface area is 565 Å². The Morgan fingerprint density at radius 3 is 0.949 bits per heavy atom. The van der Waals surface area contributed by atoms with Crippen LogP contribution in [0.2, 0.25) is 0 Å². The van der Waals surface area contributed by atoms with Gasteiger partial charge in [0.05, 0.1) is 0 Å². The van der Waals surface area contributed by atoms with Crippen molar-refractivity contribution in [1.29, 1.82) is 0 Å². The van der Waals surface area contributed by atoms with E-state index in [1.807, 2.05) is 78.9 Å². The first-order valence-corrected chi connectivity index (χ1v) is 32.8. The van der Waals surface area contributed by atoms with Gasteiger partial charge in [0.1, 0.15) is 22.3 Å². The van der Waals surface area contributed by atoms with Crippen molar-refractivity contribution in [2.45, 2.75) is 0 Å². The molecule has 0 bridgehead atoms. The quantitative estimate of drug-likeness (QED) is 0.112. The van der Waals surface area contributed by atoms with Gasteiger partial charge in [-0.05, 0) is 115 Å². The Balaban J connectivity index is 0.632. The molecule has 8 heteroatoms. The third kappa shape index (κ3) is 10.8. The lowest BCUT2D eigenvalue weighted by Gasteiger charge is -2.12. The Morgan fingerprint density at radius 1 is 0.163 bits per heavy atom. The molecule has 18 aromatic rings. The van der Waals surface area contributed by atoms with Crippen LogP contribution in [0, 0.1) is 0 Å². The SMILES string of the molecule is c1ccc(-c2ccc(-c3ccc(-c4nc(-c5ccccc5)nc(-c5cccc6oc7cc(-c8ccc(-c9cccc(-c%10ccc(-c%11nc(-c%12ccc(-c%13ccccc%13)cc%12)nc(-c%12ccc(-c%13ccccc%13)c%13oc%14ccccc%14c%12%13)n%11)cc%10)c9)cc8)ccc7c56)n4)cc3)cc2)cc1. The molecule has 458 valence electrons. The maximum absolute atomic E-state index is 6.70. The normalized spacial score (nSPS) is 11.5. The largest absolute Gasteiger partial charge is 0.456 e. The standard InChI is InChI=1S/C90H56N6O2/c1-5-17-57(18-6-1)59-31-33-61(34-32-59)62-41-47-69(48-42-62)86-91-85(67-23-11-4-12-24-67)93-89(94-86)77-28-16-30-80-82(77)76-52-51-73(56-81(76)97-80)65-37-35-63(36-38-65)71-25-15-26-72(55-71)64-43-49-70(50-44-64)88-92-87(68-45-39-60(40-46-68)58-19-7-2-8-20-58)95-90(96-88)78-54-53-74(66-21-9-3-10-22-66)84-83(78)75-27-13-14-29-79(75)98-84/h1-56H. The number of aromatic nitrogens is 6. The van der Waals surface area contributed by atoms with Crippen molar-refractivity contribution in [3.8, 4) is 146 Å². The number of rotatable bonds is 13. The van der Waals surface area contributed by atoms with Gasteiger partial charge in [-0.3, -0.25) is 0 Å². The molecule has 4 heterocycles. The molecule has 8 nitrogen and oxygen atoms in total. The molecule has 0 aliphatic carbocycles. The van der Waals surface area contributed by atoms with E-state index in [-0.39, 0.29) is 0 Å². The Morgan fingerprint density at radius 2 is 0.469 bits per heavy atom. The molecule has 14 aromatic carbocycles. The van der Waals surface area contributed by atoms with Gasteiger partial charge in [-0.15, -0.1) is 0 Å². The van der Waals surface area contributed by atoms with E-state index in [0.717, 1.165) is 144 Å². The fourth-order valence-electron chi connectivity index (χ4n) is 13.4. The molecule has 0 spiro atoms. The third-order valence-corrected chi connectivity index (χ3v) is 18.5. The molecule has 0 radical (unpaired) electrons. The molecule has 0 aliphatic rings. The topological polar surface area (TPSA) is 104 Å². The fourth-order valence-corrected chi connectivity index (χ4v) is 13.4. The van der Waals surface area contributed by atoms with Crippen molar-refractivity contribution in [3.63, 3.8) is 0 Å². The molecular formula is C90H56N6O2. The molecule has 0 unspecified atom stereocenters. The van der Waals surface area contributed by atoms with E-state index >= 15 is 0 Å². The van der Waals surface area contributed by atoms with Crippen LogP contribution in [-0.4, -0.2) is 29.9 Å². The lowest BCUT2D eigenvalue weighted by Crippen LogP contribution is -2.00. The smallest absolute Gasteiger partial charge is 0.164 e. The van der Waals surface area contributed by atoms with Crippen LogP contribution >= 0.6 is 0 Å². The molecule has 0 atom stereocenters. The summed E-state index contributed by atoms with van der Waals surface area (Å²) in [6.45, 7) is 0. The summed E-state index contributed by atoms with van der Waals surface area (Å²) in [5.41, 5.74) is 23.9. The molecule has 0 saturated heterocycles. The molecule has 98 heavy (non-hydrogen) atoms. The van der Waals surface area contributed by atoms with Gasteiger partial charge in [0, 0.05) is 60.5 Å². The summed E-state index contributed by atoms with van der Waals surface area (Å²) in [6, 6.07) is 118. The Bertz CT molecular complexity index is 5980. The molecule has 0 fully saturated rings. The number of furan rings is 2. The van der Waals surface area contributed by atoms with E-state index in [1.165, 1.54) is 11.1 Å². The lowest BCUT2D eigenvalue weighted by molar-refractivity contribution is 0.669. The van der Waals surface area contributed by atoms with Crippen LogP contribution in [0.4, 0.5) is 0 Å². The first-order chi connectivity index (χ1) is 48.5. The van der Waals surface area contributed by atoms with Gasteiger partial charge in [0.15, 0.2) is 34.9 Å². The van der Waals surface area contributed by atoms with E-state index in [0.29, 0.717) is 34.9 Å². The maximum Gasteiger partial charge on any atom is 0.164 e. The summed E-state index contributed by atoms with van der Waals surface area (Å²) in [5.74, 6) is 3.47. The van der Waals surface area contributed by atoms with Crippen LogP contribution in [0.15, 0.2) is 349 Å². The van der Waals surface area contributed by atoms with Crippen molar-refractivity contribution >= 4 is 43.9 Å². The summed E-state index contributed by atoms with van der Waals surface area (Å²) in [5, 5.41) is 3.89. The number of benzene rings is 14. The average molecular weight is 1250 g/mol. The second kappa shape index (κ2) is 24.6. The molecule has 0 amide bonds. The summed E-state index contributed by atoms with van der Waals surface area (Å²) in [4.78, 5) is 31.2. The third-order valence-electron chi connectivity index (χ3n) is 18.5. The number of para-hydroxylation sites is 1. The van der Waals surface area contributed by atoms with Crippen molar-refractivity contribution in [2.24, 2.45) is 0 Å². The second-order valence-electron chi connectivity index (χ2n) is 24.5. The molecular weight excluding hydrogens is 1200 g/mol. The van der Waals surface area contributed by atoms with Gasteiger partial charge in [-0.1, -0.05) is 297 Å². The van der Waals surface area contributed by atoms with Crippen LogP contribution in [0.3, 0.4) is 0 Å². The predicted octanol–water partition coefficient (Wildman–Crippen LogP) is 23.5. The number of fused-ring (bicyclic) bond motifs is 6. The van der Waals surface area contributed by atoms with Gasteiger partial charge in [0.25, 0.3) is 0 Å². The second-order valence-corrected chi connectivity index (χ2v) is 24.5. The van der Waals surface area contributed by atoms with Crippen molar-refractivity contribution < 1.29 is 8.83 Å². The van der Waals surface area contributed by atoms with Crippen LogP contribution in [-0.2, 0) is 0 Å². The zero-order valence-electron chi connectivity index (χ0n) is 52.8. The van der Waals surface area contributed by atoms with Gasteiger partial charge in [0.2, 0.25) is 0 Å². The summed E-state index contributed by atoms with van der Waals surface area (Å²) < 4.78 is 13.4. The minimum Gasteiger partial charge on any atom is -0.456 e. The lowest BCUT2D eigenvalue weighted by atomic mass is 9.96. The number of hydrogen-bond donors (Lipinski definition) is 0. The zero-order chi connectivity index (χ0) is 64.9. The van der Waals surface area contributed by atoms with Gasteiger partial charge in [-0.2, -0.15) is 0 Å². The number of nitrogens with zero attached hydrogens (tertiary/aromatic N) is 6. The minimum absolute atomic E-state index is 0.561. The van der Waals surface area contributed by atoms with E-state index in [4.69, 9.17) is 38.7 Å². The molecule has 0 saturated carbocycles. The van der Waals surface area contributed by atoms with E-state index < -0.39 is 0 Å². The van der Waals surface area contributed by atoms with Crippen LogP contribution in [0.5, 0.6) is 0 Å². The maximum atomic E-state index is 6.70. The van der Waals surface area contributed by atoms with E-state index in [1.54, 1.807) is 0 Å². The van der Waals surface area contributed by atoms with Crippen molar-refractivity contribution in [3.05, 3.63) is 340 Å². The van der Waals surface area contributed by atoms with E-state index in [2.05, 4.69) is 261 Å². The highest BCUT2D eigenvalue weighted by Gasteiger charge is 2.23. The molecule has 4 aromatic heterocycles. The highest BCUT2D eigenvalue weighted by atomic mass is 16.3. The minimum atomic E-state index is 0.561. The summed E-state index contributed by atoms with van der Waals surface area (Å²) >= 11 is 0.